The van der Waals surface area contributed by atoms with Gasteiger partial charge in [-0.1, -0.05) is 48.0 Å². The van der Waals surface area contributed by atoms with Gasteiger partial charge in [-0.15, -0.1) is 0 Å². The van der Waals surface area contributed by atoms with Gasteiger partial charge < -0.3 is 20.1 Å². The Hall–Kier alpha value is -4.75. The van der Waals surface area contributed by atoms with E-state index < -0.39 is 39.6 Å². The molecule has 4 aromatic rings. The zero-order valence-electron chi connectivity index (χ0n) is 28.1. The summed E-state index contributed by atoms with van der Waals surface area (Å²) in [6.45, 7) is 11.1. The molecule has 256 valence electrons. The molecule has 1 aromatic heterocycles. The Morgan fingerprint density at radius 2 is 1.62 bits per heavy atom. The number of ether oxygens (including phenoxy) is 2. The van der Waals surface area contributed by atoms with Gasteiger partial charge in [-0.2, -0.15) is 9.82 Å². The van der Waals surface area contributed by atoms with Crippen molar-refractivity contribution in [1.29, 1.82) is 0 Å². The van der Waals surface area contributed by atoms with Gasteiger partial charge in [0.05, 0.1) is 16.6 Å². The number of aryl methyl sites for hydroxylation is 4. The quantitative estimate of drug-likeness (QED) is 0.136. The van der Waals surface area contributed by atoms with Crippen LogP contribution in [-0.2, 0) is 37.4 Å². The van der Waals surface area contributed by atoms with Crippen molar-refractivity contribution < 1.29 is 32.3 Å². The number of carbonyl (C=O) groups excluding carboxylic acids is 3. The molecule has 0 fully saturated rings. The van der Waals surface area contributed by atoms with Gasteiger partial charge in [0.2, 0.25) is 10.0 Å². The fourth-order valence-electron chi connectivity index (χ4n) is 5.28. The molecule has 4 rings (SSSR count). The van der Waals surface area contributed by atoms with Crippen molar-refractivity contribution in [2.24, 2.45) is 0 Å². The van der Waals surface area contributed by atoms with Crippen molar-refractivity contribution in [1.82, 2.24) is 25.1 Å². The van der Waals surface area contributed by atoms with Crippen LogP contribution in [0, 0.1) is 20.8 Å². The second-order valence-electron chi connectivity index (χ2n) is 12.6. The van der Waals surface area contributed by atoms with E-state index in [-0.39, 0.29) is 18.0 Å². The molecule has 2 amide bonds. The number of hydrogen-bond donors (Lipinski definition) is 3. The van der Waals surface area contributed by atoms with E-state index in [1.54, 1.807) is 75.8 Å². The molecule has 48 heavy (non-hydrogen) atoms. The summed E-state index contributed by atoms with van der Waals surface area (Å²) in [7, 11) is -4.15. The number of aromatic nitrogens is 2. The number of carbonyl (C=O) groups is 3. The summed E-state index contributed by atoms with van der Waals surface area (Å²) in [5, 5.41) is 10.5. The summed E-state index contributed by atoms with van der Waals surface area (Å²) < 4.78 is 41.9. The molecule has 0 saturated heterocycles. The number of benzene rings is 3. The van der Waals surface area contributed by atoms with Crippen molar-refractivity contribution in [3.8, 4) is 0 Å². The molecule has 0 saturated carbocycles. The number of nitrogens with one attached hydrogen (secondary N) is 3. The summed E-state index contributed by atoms with van der Waals surface area (Å²) in [6.07, 6.45) is 1.74. The Morgan fingerprint density at radius 1 is 0.938 bits per heavy atom. The minimum atomic E-state index is -4.15. The van der Waals surface area contributed by atoms with Crippen molar-refractivity contribution in [2.45, 2.75) is 77.7 Å². The van der Waals surface area contributed by atoms with E-state index in [1.807, 2.05) is 37.3 Å². The SMILES string of the molecule is Cc1cc(C)c(S(=O)(=O)N[C@@H](CNC(=O)c2ccc3c(cnn3CCCNC(=O)OCc3ccccc3)c2)C(=O)OC(C)(C)C)c(C)c1. The summed E-state index contributed by atoms with van der Waals surface area (Å²) in [6, 6.07) is 16.6. The molecule has 3 aromatic carbocycles. The Balaban J connectivity index is 1.36. The molecule has 0 aliphatic heterocycles. The van der Waals surface area contributed by atoms with Crippen LogP contribution in [0.25, 0.3) is 10.9 Å². The van der Waals surface area contributed by atoms with Crippen LogP contribution in [0.4, 0.5) is 4.79 Å². The number of hydrogen-bond acceptors (Lipinski definition) is 8. The van der Waals surface area contributed by atoms with Gasteiger partial charge in [-0.25, -0.2) is 13.2 Å². The largest absolute Gasteiger partial charge is 0.459 e. The molecule has 12 nitrogen and oxygen atoms in total. The summed E-state index contributed by atoms with van der Waals surface area (Å²) in [5.41, 5.74) is 3.11. The van der Waals surface area contributed by atoms with Crippen LogP contribution in [0.2, 0.25) is 0 Å². The minimum Gasteiger partial charge on any atom is -0.459 e. The van der Waals surface area contributed by atoms with Crippen LogP contribution in [0.15, 0.2) is 71.8 Å². The molecule has 13 heteroatoms. The Kier molecular flexibility index (Phi) is 11.6. The molecule has 0 aliphatic rings. The van der Waals surface area contributed by atoms with Crippen LogP contribution >= 0.6 is 0 Å². The first-order valence-corrected chi connectivity index (χ1v) is 17.1. The molecule has 1 atom stereocenters. The van der Waals surface area contributed by atoms with Crippen LogP contribution in [0.1, 0.15) is 59.8 Å². The number of sulfonamides is 1. The molecule has 0 spiro atoms. The zero-order chi connectivity index (χ0) is 35.1. The van der Waals surface area contributed by atoms with Crippen LogP contribution < -0.4 is 15.4 Å². The summed E-state index contributed by atoms with van der Waals surface area (Å²) >= 11 is 0. The number of fused-ring (bicyclic) bond motifs is 1. The van der Waals surface area contributed by atoms with E-state index in [0.29, 0.717) is 41.6 Å². The minimum absolute atomic E-state index is 0.0780. The predicted molar refractivity (Wildman–Crippen MR) is 182 cm³/mol. The molecule has 0 aliphatic carbocycles. The highest BCUT2D eigenvalue weighted by Gasteiger charge is 2.32. The van der Waals surface area contributed by atoms with Gasteiger partial charge in [0.15, 0.2) is 0 Å². The maximum Gasteiger partial charge on any atom is 0.407 e. The van der Waals surface area contributed by atoms with Crippen LogP contribution in [0.3, 0.4) is 0 Å². The van der Waals surface area contributed by atoms with E-state index in [2.05, 4.69) is 20.5 Å². The lowest BCUT2D eigenvalue weighted by molar-refractivity contribution is -0.156. The lowest BCUT2D eigenvalue weighted by Crippen LogP contribution is -2.50. The van der Waals surface area contributed by atoms with Gasteiger partial charge in [-0.05, 0) is 82.9 Å². The van der Waals surface area contributed by atoms with Crippen molar-refractivity contribution in [3.05, 3.63) is 94.7 Å². The van der Waals surface area contributed by atoms with Crippen molar-refractivity contribution in [3.63, 3.8) is 0 Å². The summed E-state index contributed by atoms with van der Waals surface area (Å²) in [5.74, 6) is -1.32. The standard InChI is InChI=1S/C35H43N5O7S/c1-23-17-24(2)31(25(3)18-23)48(44,45)39-29(33(42)47-35(4,5)6)21-37-32(41)27-13-14-30-28(19-27)20-38-40(30)16-10-15-36-34(43)46-22-26-11-8-7-9-12-26/h7-9,11-14,17-20,29,39H,10,15-16,21-22H2,1-6H3,(H,36,43)(H,37,41)/t29-/m0/s1. The summed E-state index contributed by atoms with van der Waals surface area (Å²) in [4.78, 5) is 38.4. The molecule has 0 bridgehead atoms. The van der Waals surface area contributed by atoms with E-state index in [9.17, 15) is 22.8 Å². The van der Waals surface area contributed by atoms with Gasteiger partial charge >= 0.3 is 12.1 Å². The molecular weight excluding hydrogens is 634 g/mol. The average molecular weight is 678 g/mol. The first kappa shape index (κ1) is 36.1. The Bertz CT molecular complexity index is 1860. The van der Waals surface area contributed by atoms with Crippen molar-refractivity contribution in [2.75, 3.05) is 13.1 Å². The Morgan fingerprint density at radius 3 is 2.29 bits per heavy atom. The fraction of sp³-hybridized carbons (Fsp3) is 0.371. The normalized spacial score (nSPS) is 12.4. The predicted octanol–water partition coefficient (Wildman–Crippen LogP) is 4.70. The lowest BCUT2D eigenvalue weighted by Gasteiger charge is -2.25. The van der Waals surface area contributed by atoms with Gasteiger partial charge in [0.25, 0.3) is 5.91 Å². The van der Waals surface area contributed by atoms with E-state index in [4.69, 9.17) is 9.47 Å². The van der Waals surface area contributed by atoms with E-state index in [0.717, 1.165) is 16.6 Å². The highest BCUT2D eigenvalue weighted by molar-refractivity contribution is 7.89. The molecule has 0 unspecified atom stereocenters. The maximum absolute atomic E-state index is 13.5. The number of nitrogens with zero attached hydrogens (tertiary/aromatic N) is 2. The van der Waals surface area contributed by atoms with Crippen molar-refractivity contribution >= 4 is 38.9 Å². The fourth-order valence-corrected chi connectivity index (χ4v) is 6.92. The second-order valence-corrected chi connectivity index (χ2v) is 14.3. The van der Waals surface area contributed by atoms with Crippen LogP contribution in [0.5, 0.6) is 0 Å². The molecule has 3 N–H and O–H groups in total. The third kappa shape index (κ3) is 9.88. The average Bonchev–Trinajstić information content (AvgIpc) is 3.41. The smallest absolute Gasteiger partial charge is 0.407 e. The number of esters is 1. The first-order valence-electron chi connectivity index (χ1n) is 15.6. The topological polar surface area (TPSA) is 158 Å². The molecule has 0 radical (unpaired) electrons. The highest BCUT2D eigenvalue weighted by atomic mass is 32.2. The zero-order valence-corrected chi connectivity index (χ0v) is 28.9. The number of alkyl carbamates (subject to hydrolysis) is 1. The second kappa shape index (κ2) is 15.4. The molecule has 1 heterocycles. The van der Waals surface area contributed by atoms with E-state index in [1.165, 1.54) is 0 Å². The number of rotatable bonds is 13. The third-order valence-electron chi connectivity index (χ3n) is 7.26. The lowest BCUT2D eigenvalue weighted by atomic mass is 10.1. The van der Waals surface area contributed by atoms with Gasteiger partial charge in [-0.3, -0.25) is 14.3 Å². The Labute approximate surface area is 281 Å². The van der Waals surface area contributed by atoms with E-state index >= 15 is 0 Å². The molecular formula is C35H43N5O7S. The maximum atomic E-state index is 13.5. The monoisotopic (exact) mass is 677 g/mol. The number of amides is 2. The van der Waals surface area contributed by atoms with Gasteiger partial charge in [0.1, 0.15) is 18.2 Å². The van der Waals surface area contributed by atoms with Crippen LogP contribution in [-0.4, -0.2) is 60.9 Å². The van der Waals surface area contributed by atoms with Gasteiger partial charge in [0, 0.05) is 30.6 Å². The highest BCUT2D eigenvalue weighted by Crippen LogP contribution is 2.22. The third-order valence-corrected chi connectivity index (χ3v) is 9.04. The first-order chi connectivity index (χ1) is 22.6.